The third-order valence-electron chi connectivity index (χ3n) is 2.40. The normalized spacial score (nSPS) is 12.2. The molecule has 0 amide bonds. The maximum absolute atomic E-state index is 10.7. The van der Waals surface area contributed by atoms with Gasteiger partial charge in [0.15, 0.2) is 0 Å². The van der Waals surface area contributed by atoms with E-state index in [1.807, 2.05) is 13.0 Å². The van der Waals surface area contributed by atoms with Crippen molar-refractivity contribution in [1.82, 2.24) is 0 Å². The zero-order valence-electron chi connectivity index (χ0n) is 9.16. The van der Waals surface area contributed by atoms with Gasteiger partial charge in [-0.2, -0.15) is 0 Å². The summed E-state index contributed by atoms with van der Waals surface area (Å²) in [5, 5.41) is 9.18. The number of aryl methyl sites for hydroxylation is 1. The van der Waals surface area contributed by atoms with Gasteiger partial charge >= 0.3 is 5.97 Å². The molecule has 88 valence electrons. The first-order chi connectivity index (χ1) is 7.47. The van der Waals surface area contributed by atoms with Gasteiger partial charge in [0.05, 0.1) is 12.1 Å². The average molecular weight is 244 g/mol. The molecular formula is C11H14ClNO3. The molecule has 0 spiro atoms. The molecule has 1 unspecified atom stereocenters. The average Bonchev–Trinajstić information content (AvgIpc) is 2.24. The van der Waals surface area contributed by atoms with E-state index < -0.39 is 12.0 Å². The van der Waals surface area contributed by atoms with Crippen LogP contribution in [0.2, 0.25) is 5.02 Å². The maximum atomic E-state index is 10.7. The van der Waals surface area contributed by atoms with Gasteiger partial charge in [0, 0.05) is 6.42 Å². The van der Waals surface area contributed by atoms with Crippen molar-refractivity contribution in [2.75, 3.05) is 7.11 Å². The standard InChI is InChI=1S/C11H14ClNO3/c1-6-3-4-9(16-2)10(12)7(6)5-8(13)11(14)15/h3-4,8H,5,13H2,1-2H3,(H,14,15). The summed E-state index contributed by atoms with van der Waals surface area (Å²) in [4.78, 5) is 10.7. The molecule has 0 saturated carbocycles. The molecule has 0 heterocycles. The van der Waals surface area contributed by atoms with Crippen LogP contribution in [-0.4, -0.2) is 24.2 Å². The van der Waals surface area contributed by atoms with Crippen LogP contribution in [0.25, 0.3) is 0 Å². The highest BCUT2D eigenvalue weighted by Gasteiger charge is 2.17. The van der Waals surface area contributed by atoms with Crippen LogP contribution in [0.5, 0.6) is 5.75 Å². The van der Waals surface area contributed by atoms with Crippen molar-refractivity contribution in [2.45, 2.75) is 19.4 Å². The van der Waals surface area contributed by atoms with Crippen molar-refractivity contribution in [3.8, 4) is 5.75 Å². The molecule has 0 saturated heterocycles. The van der Waals surface area contributed by atoms with E-state index in [4.69, 9.17) is 27.2 Å². The lowest BCUT2D eigenvalue weighted by Gasteiger charge is -2.13. The minimum Gasteiger partial charge on any atom is -0.495 e. The van der Waals surface area contributed by atoms with E-state index in [9.17, 15) is 4.79 Å². The molecule has 4 nitrogen and oxygen atoms in total. The highest BCUT2D eigenvalue weighted by Crippen LogP contribution is 2.31. The molecule has 0 radical (unpaired) electrons. The summed E-state index contributed by atoms with van der Waals surface area (Å²) in [6, 6.07) is 2.62. The number of carbonyl (C=O) groups is 1. The highest BCUT2D eigenvalue weighted by atomic mass is 35.5. The molecule has 0 fully saturated rings. The summed E-state index contributed by atoms with van der Waals surface area (Å²) in [5.41, 5.74) is 7.10. The van der Waals surface area contributed by atoms with E-state index >= 15 is 0 Å². The second kappa shape index (κ2) is 5.18. The van der Waals surface area contributed by atoms with Crippen molar-refractivity contribution in [2.24, 2.45) is 5.73 Å². The molecule has 1 rings (SSSR count). The molecular weight excluding hydrogens is 230 g/mol. The lowest BCUT2D eigenvalue weighted by Crippen LogP contribution is -2.32. The quantitative estimate of drug-likeness (QED) is 0.843. The topological polar surface area (TPSA) is 72.5 Å². The maximum Gasteiger partial charge on any atom is 0.320 e. The number of carboxylic acids is 1. The highest BCUT2D eigenvalue weighted by molar-refractivity contribution is 6.33. The largest absolute Gasteiger partial charge is 0.495 e. The van der Waals surface area contributed by atoms with Crippen LogP contribution < -0.4 is 10.5 Å². The summed E-state index contributed by atoms with van der Waals surface area (Å²) in [6.45, 7) is 1.86. The van der Waals surface area contributed by atoms with Gasteiger partial charge < -0.3 is 15.6 Å². The van der Waals surface area contributed by atoms with Gasteiger partial charge in [0.25, 0.3) is 0 Å². The van der Waals surface area contributed by atoms with E-state index in [-0.39, 0.29) is 6.42 Å². The molecule has 16 heavy (non-hydrogen) atoms. The summed E-state index contributed by atoms with van der Waals surface area (Å²) >= 11 is 6.09. The van der Waals surface area contributed by atoms with Crippen LogP contribution in [-0.2, 0) is 11.2 Å². The Bertz CT molecular complexity index is 406. The van der Waals surface area contributed by atoms with Gasteiger partial charge in [-0.3, -0.25) is 4.79 Å². The first-order valence-electron chi connectivity index (χ1n) is 4.77. The molecule has 1 aromatic carbocycles. The molecule has 0 aliphatic heterocycles. The fraction of sp³-hybridized carbons (Fsp3) is 0.364. The van der Waals surface area contributed by atoms with Gasteiger partial charge in [0.1, 0.15) is 11.8 Å². The van der Waals surface area contributed by atoms with Crippen LogP contribution in [0, 0.1) is 6.92 Å². The molecule has 5 heteroatoms. The second-order valence-electron chi connectivity index (χ2n) is 3.53. The Labute approximate surface area is 99.0 Å². The number of hydrogen-bond acceptors (Lipinski definition) is 3. The number of nitrogens with two attached hydrogens (primary N) is 1. The second-order valence-corrected chi connectivity index (χ2v) is 3.90. The number of carboxylic acid groups (broad SMARTS) is 1. The Morgan fingerprint density at radius 3 is 2.75 bits per heavy atom. The van der Waals surface area contributed by atoms with Crippen LogP contribution in [0.3, 0.4) is 0 Å². The van der Waals surface area contributed by atoms with E-state index in [2.05, 4.69) is 0 Å². The van der Waals surface area contributed by atoms with E-state index in [0.717, 1.165) is 11.1 Å². The predicted molar refractivity (Wildman–Crippen MR) is 62.1 cm³/mol. The van der Waals surface area contributed by atoms with Gasteiger partial charge in [-0.1, -0.05) is 17.7 Å². The smallest absolute Gasteiger partial charge is 0.320 e. The minimum absolute atomic E-state index is 0.192. The van der Waals surface area contributed by atoms with Gasteiger partial charge in [-0.05, 0) is 24.1 Å². The molecule has 1 atom stereocenters. The van der Waals surface area contributed by atoms with Crippen molar-refractivity contribution in [3.63, 3.8) is 0 Å². The third-order valence-corrected chi connectivity index (χ3v) is 2.82. The van der Waals surface area contributed by atoms with Crippen LogP contribution >= 0.6 is 11.6 Å². The summed E-state index contributed by atoms with van der Waals surface area (Å²) in [7, 11) is 1.51. The van der Waals surface area contributed by atoms with Crippen LogP contribution in [0.1, 0.15) is 11.1 Å². The fourth-order valence-electron chi connectivity index (χ4n) is 1.41. The first-order valence-corrected chi connectivity index (χ1v) is 5.15. The Kier molecular flexibility index (Phi) is 4.15. The Morgan fingerprint density at radius 1 is 1.62 bits per heavy atom. The first kappa shape index (κ1) is 12.8. The lowest BCUT2D eigenvalue weighted by molar-refractivity contribution is -0.138. The lowest BCUT2D eigenvalue weighted by atomic mass is 10.0. The van der Waals surface area contributed by atoms with Gasteiger partial charge in [-0.25, -0.2) is 0 Å². The summed E-state index contributed by atoms with van der Waals surface area (Å²) in [5.74, 6) is -0.516. The fourth-order valence-corrected chi connectivity index (χ4v) is 1.78. The minimum atomic E-state index is -1.04. The predicted octanol–water partition coefficient (Wildman–Crippen LogP) is 1.61. The molecule has 0 aromatic heterocycles. The van der Waals surface area contributed by atoms with Crippen LogP contribution in [0.15, 0.2) is 12.1 Å². The Hall–Kier alpha value is -1.26. The van der Waals surface area contributed by atoms with Gasteiger partial charge in [0.2, 0.25) is 0 Å². The molecule has 3 N–H and O–H groups in total. The number of halogens is 1. The Morgan fingerprint density at radius 2 is 2.25 bits per heavy atom. The zero-order chi connectivity index (χ0) is 12.3. The molecule has 0 aliphatic carbocycles. The SMILES string of the molecule is COc1ccc(C)c(CC(N)C(=O)O)c1Cl. The summed E-state index contributed by atoms with van der Waals surface area (Å²) < 4.78 is 5.06. The summed E-state index contributed by atoms with van der Waals surface area (Å²) in [6.07, 6.45) is 0.192. The van der Waals surface area contributed by atoms with E-state index in [0.29, 0.717) is 10.8 Å². The number of rotatable bonds is 4. The number of hydrogen-bond donors (Lipinski definition) is 2. The zero-order valence-corrected chi connectivity index (χ0v) is 9.91. The van der Waals surface area contributed by atoms with Crippen molar-refractivity contribution >= 4 is 17.6 Å². The number of methoxy groups -OCH3 is 1. The van der Waals surface area contributed by atoms with Crippen molar-refractivity contribution < 1.29 is 14.6 Å². The number of ether oxygens (including phenoxy) is 1. The van der Waals surface area contributed by atoms with E-state index in [1.54, 1.807) is 6.07 Å². The molecule has 0 bridgehead atoms. The molecule has 1 aromatic rings. The third kappa shape index (κ3) is 2.65. The monoisotopic (exact) mass is 243 g/mol. The van der Waals surface area contributed by atoms with E-state index in [1.165, 1.54) is 7.11 Å². The van der Waals surface area contributed by atoms with Crippen molar-refractivity contribution in [1.29, 1.82) is 0 Å². The Balaban J connectivity index is 3.07. The number of benzene rings is 1. The molecule has 0 aliphatic rings. The van der Waals surface area contributed by atoms with Gasteiger partial charge in [-0.15, -0.1) is 0 Å². The number of aliphatic carboxylic acids is 1. The van der Waals surface area contributed by atoms with Crippen LogP contribution in [0.4, 0.5) is 0 Å². The van der Waals surface area contributed by atoms with Crippen molar-refractivity contribution in [3.05, 3.63) is 28.3 Å².